The molecule has 2 atom stereocenters. The van der Waals surface area contributed by atoms with Gasteiger partial charge in [-0.25, -0.2) is 0 Å². The van der Waals surface area contributed by atoms with Gasteiger partial charge in [-0.05, 0) is 49.1 Å². The molecule has 1 aromatic carbocycles. The molecule has 2 fully saturated rings. The summed E-state index contributed by atoms with van der Waals surface area (Å²) in [6, 6.07) is 8.13. The highest BCUT2D eigenvalue weighted by Crippen LogP contribution is 2.31. The topological polar surface area (TPSA) is 52.6 Å². The van der Waals surface area contributed by atoms with Gasteiger partial charge in [-0.3, -0.25) is 9.69 Å². The van der Waals surface area contributed by atoms with Crippen molar-refractivity contribution in [3.8, 4) is 0 Å². The molecule has 2 unspecified atom stereocenters. The third kappa shape index (κ3) is 5.55. The first-order valence-corrected chi connectivity index (χ1v) is 9.88. The highest BCUT2D eigenvalue weighted by molar-refractivity contribution is 5.91. The SMILES string of the molecule is CC1CCCC(CC(=O)Nc2ccccc2CN2CCC(O)CC2)C1. The number of piperidine rings is 1. The molecular formula is C21H32N2O2. The number of para-hydroxylation sites is 1. The first-order chi connectivity index (χ1) is 12.1. The van der Waals surface area contributed by atoms with Gasteiger partial charge in [0.15, 0.2) is 0 Å². The molecule has 0 radical (unpaired) electrons. The van der Waals surface area contributed by atoms with E-state index in [0.717, 1.165) is 44.1 Å². The van der Waals surface area contributed by atoms with Gasteiger partial charge in [0.25, 0.3) is 0 Å². The zero-order valence-corrected chi connectivity index (χ0v) is 15.4. The average Bonchev–Trinajstić information content (AvgIpc) is 2.58. The maximum Gasteiger partial charge on any atom is 0.224 e. The molecule has 1 aliphatic heterocycles. The second kappa shape index (κ2) is 8.81. The molecule has 0 aromatic heterocycles. The summed E-state index contributed by atoms with van der Waals surface area (Å²) in [7, 11) is 0. The minimum Gasteiger partial charge on any atom is -0.393 e. The molecule has 1 aliphatic carbocycles. The number of aliphatic hydroxyl groups is 1. The summed E-state index contributed by atoms with van der Waals surface area (Å²) < 4.78 is 0. The van der Waals surface area contributed by atoms with Gasteiger partial charge >= 0.3 is 0 Å². The van der Waals surface area contributed by atoms with Gasteiger partial charge in [-0.2, -0.15) is 0 Å². The third-order valence-corrected chi connectivity index (χ3v) is 5.76. The fraction of sp³-hybridized carbons (Fsp3) is 0.667. The first-order valence-electron chi connectivity index (χ1n) is 9.88. The number of benzene rings is 1. The Balaban J connectivity index is 1.55. The molecule has 3 rings (SSSR count). The van der Waals surface area contributed by atoms with Crippen molar-refractivity contribution in [2.45, 2.75) is 64.5 Å². The van der Waals surface area contributed by atoms with Crippen molar-refractivity contribution in [1.82, 2.24) is 4.90 Å². The maximum atomic E-state index is 12.5. The fourth-order valence-electron chi connectivity index (χ4n) is 4.31. The molecule has 2 N–H and O–H groups in total. The van der Waals surface area contributed by atoms with Gasteiger partial charge in [-0.1, -0.05) is 38.0 Å². The molecule has 1 amide bonds. The lowest BCUT2D eigenvalue weighted by atomic mass is 9.81. The molecule has 0 spiro atoms. The molecule has 1 saturated heterocycles. The van der Waals surface area contributed by atoms with Crippen molar-refractivity contribution < 1.29 is 9.90 Å². The number of amides is 1. The van der Waals surface area contributed by atoms with Crippen LogP contribution < -0.4 is 5.32 Å². The van der Waals surface area contributed by atoms with E-state index in [1.807, 2.05) is 18.2 Å². The minimum absolute atomic E-state index is 0.149. The van der Waals surface area contributed by atoms with Gasteiger partial charge < -0.3 is 10.4 Å². The Morgan fingerprint density at radius 1 is 1.20 bits per heavy atom. The Hall–Kier alpha value is -1.39. The fourth-order valence-corrected chi connectivity index (χ4v) is 4.31. The van der Waals surface area contributed by atoms with E-state index in [1.54, 1.807) is 0 Å². The van der Waals surface area contributed by atoms with Crippen LogP contribution in [0.3, 0.4) is 0 Å². The molecule has 4 nitrogen and oxygen atoms in total. The van der Waals surface area contributed by atoms with Crippen LogP contribution in [-0.4, -0.2) is 35.1 Å². The Bertz CT molecular complexity index is 567. The first kappa shape index (κ1) is 18.4. The maximum absolute atomic E-state index is 12.5. The standard InChI is InChI=1S/C21H32N2O2/c1-16-5-4-6-17(13-16)14-21(25)22-20-8-3-2-7-18(20)15-23-11-9-19(24)10-12-23/h2-3,7-8,16-17,19,24H,4-6,9-15H2,1H3,(H,22,25). The van der Waals surface area contributed by atoms with Crippen molar-refractivity contribution in [3.63, 3.8) is 0 Å². The van der Waals surface area contributed by atoms with Gasteiger partial charge in [0.05, 0.1) is 6.10 Å². The number of likely N-dealkylation sites (tertiary alicyclic amines) is 1. The van der Waals surface area contributed by atoms with E-state index in [-0.39, 0.29) is 12.0 Å². The Labute approximate surface area is 151 Å². The molecular weight excluding hydrogens is 312 g/mol. The van der Waals surface area contributed by atoms with Crippen molar-refractivity contribution in [1.29, 1.82) is 0 Å². The van der Waals surface area contributed by atoms with E-state index in [1.165, 1.54) is 31.2 Å². The normalized spacial score (nSPS) is 25.7. The summed E-state index contributed by atoms with van der Waals surface area (Å²) in [5.41, 5.74) is 2.12. The number of nitrogens with zero attached hydrogens (tertiary/aromatic N) is 1. The van der Waals surface area contributed by atoms with Crippen LogP contribution in [0.5, 0.6) is 0 Å². The predicted molar refractivity (Wildman–Crippen MR) is 101 cm³/mol. The Morgan fingerprint density at radius 2 is 1.96 bits per heavy atom. The number of nitrogens with one attached hydrogen (secondary N) is 1. The molecule has 1 aromatic rings. The van der Waals surface area contributed by atoms with E-state index >= 15 is 0 Å². The van der Waals surface area contributed by atoms with E-state index in [2.05, 4.69) is 23.2 Å². The minimum atomic E-state index is -0.149. The lowest BCUT2D eigenvalue weighted by Crippen LogP contribution is -2.35. The zero-order chi connectivity index (χ0) is 17.6. The van der Waals surface area contributed by atoms with E-state index in [9.17, 15) is 9.90 Å². The largest absolute Gasteiger partial charge is 0.393 e. The Kier molecular flexibility index (Phi) is 6.49. The number of hydrogen-bond donors (Lipinski definition) is 2. The van der Waals surface area contributed by atoms with Crippen LogP contribution in [0.2, 0.25) is 0 Å². The number of anilines is 1. The average molecular weight is 344 g/mol. The predicted octanol–water partition coefficient (Wildman–Crippen LogP) is 3.80. The molecule has 4 heteroatoms. The number of aliphatic hydroxyl groups excluding tert-OH is 1. The molecule has 1 heterocycles. The van der Waals surface area contributed by atoms with Gasteiger partial charge in [0.1, 0.15) is 0 Å². The third-order valence-electron chi connectivity index (χ3n) is 5.76. The summed E-state index contributed by atoms with van der Waals surface area (Å²) in [6.45, 7) is 4.98. The smallest absolute Gasteiger partial charge is 0.224 e. The number of rotatable bonds is 5. The molecule has 25 heavy (non-hydrogen) atoms. The number of carbonyl (C=O) groups is 1. The summed E-state index contributed by atoms with van der Waals surface area (Å²) in [5.74, 6) is 1.45. The summed E-state index contributed by atoms with van der Waals surface area (Å²) in [5, 5.41) is 12.8. The van der Waals surface area contributed by atoms with Crippen LogP contribution in [0.1, 0.15) is 57.4 Å². The quantitative estimate of drug-likeness (QED) is 0.854. The number of carbonyl (C=O) groups excluding carboxylic acids is 1. The molecule has 1 saturated carbocycles. The van der Waals surface area contributed by atoms with Crippen LogP contribution in [-0.2, 0) is 11.3 Å². The van der Waals surface area contributed by atoms with E-state index in [0.29, 0.717) is 12.3 Å². The van der Waals surface area contributed by atoms with Crippen molar-refractivity contribution in [2.24, 2.45) is 11.8 Å². The highest BCUT2D eigenvalue weighted by Gasteiger charge is 2.22. The van der Waals surface area contributed by atoms with Crippen LogP contribution in [0, 0.1) is 11.8 Å². The van der Waals surface area contributed by atoms with Crippen LogP contribution in [0.25, 0.3) is 0 Å². The zero-order valence-electron chi connectivity index (χ0n) is 15.4. The monoisotopic (exact) mass is 344 g/mol. The summed E-state index contributed by atoms with van der Waals surface area (Å²) in [4.78, 5) is 14.9. The van der Waals surface area contributed by atoms with Crippen LogP contribution in [0.4, 0.5) is 5.69 Å². The van der Waals surface area contributed by atoms with E-state index in [4.69, 9.17) is 0 Å². The molecule has 0 bridgehead atoms. The summed E-state index contributed by atoms with van der Waals surface area (Å²) >= 11 is 0. The van der Waals surface area contributed by atoms with Gasteiger partial charge in [0, 0.05) is 31.7 Å². The highest BCUT2D eigenvalue weighted by atomic mass is 16.3. The number of hydrogen-bond acceptors (Lipinski definition) is 3. The summed E-state index contributed by atoms with van der Waals surface area (Å²) in [6.07, 6.45) is 7.13. The lowest BCUT2D eigenvalue weighted by Gasteiger charge is -2.30. The lowest BCUT2D eigenvalue weighted by molar-refractivity contribution is -0.117. The second-order valence-corrected chi connectivity index (χ2v) is 8.05. The molecule has 2 aliphatic rings. The van der Waals surface area contributed by atoms with Crippen molar-refractivity contribution >= 4 is 11.6 Å². The van der Waals surface area contributed by atoms with Crippen LogP contribution >= 0.6 is 0 Å². The van der Waals surface area contributed by atoms with Gasteiger partial charge in [-0.15, -0.1) is 0 Å². The van der Waals surface area contributed by atoms with E-state index < -0.39 is 0 Å². The van der Waals surface area contributed by atoms with Gasteiger partial charge in [0.2, 0.25) is 5.91 Å². The molecule has 138 valence electrons. The second-order valence-electron chi connectivity index (χ2n) is 8.05. The Morgan fingerprint density at radius 3 is 2.72 bits per heavy atom. The van der Waals surface area contributed by atoms with Crippen molar-refractivity contribution in [2.75, 3.05) is 18.4 Å². The van der Waals surface area contributed by atoms with Crippen molar-refractivity contribution in [3.05, 3.63) is 29.8 Å². The van der Waals surface area contributed by atoms with Crippen LogP contribution in [0.15, 0.2) is 24.3 Å².